The number of anilines is 1. The number of piperidine rings is 1. The minimum Gasteiger partial charge on any atom is -0.404 e. The summed E-state index contributed by atoms with van der Waals surface area (Å²) in [6, 6.07) is 20.4. The lowest BCUT2D eigenvalue weighted by Gasteiger charge is -2.34. The highest BCUT2D eigenvalue weighted by Crippen LogP contribution is 2.34. The number of ether oxygens (including phenoxy) is 1. The first kappa shape index (κ1) is 31.9. The number of likely N-dealkylation sites (tertiary alicyclic amines) is 1. The molecule has 1 aromatic heterocycles. The van der Waals surface area contributed by atoms with E-state index in [-0.39, 0.29) is 5.69 Å². The van der Waals surface area contributed by atoms with Crippen LogP contribution in [0, 0.1) is 0 Å². The van der Waals surface area contributed by atoms with Gasteiger partial charge in [0.15, 0.2) is 5.75 Å². The second-order valence-corrected chi connectivity index (χ2v) is 11.8. The van der Waals surface area contributed by atoms with Gasteiger partial charge in [-0.15, -0.1) is 13.2 Å². The Morgan fingerprint density at radius 2 is 1.71 bits per heavy atom. The molecule has 2 atom stereocenters. The first-order valence-corrected chi connectivity index (χ1v) is 15.0. The molecule has 2 heterocycles. The van der Waals surface area contributed by atoms with Crippen molar-refractivity contribution in [2.75, 3.05) is 32.5 Å². The number of halogens is 3. The second kappa shape index (κ2) is 13.6. The number of urea groups is 1. The zero-order chi connectivity index (χ0) is 32.1. The maximum Gasteiger partial charge on any atom is 0.573 e. The summed E-state index contributed by atoms with van der Waals surface area (Å²) < 4.78 is 44.1. The SMILES string of the molecule is C[C@@H](c1c[nH]c2ccccc12)[C@@H](NC(=O)N1CCC(c2ccccc2)CC1)C(=O)Nc1cc(CN(C)C)ccc1OC(F)(F)F. The quantitative estimate of drug-likeness (QED) is 0.191. The molecule has 45 heavy (non-hydrogen) atoms. The number of carbonyl (C=O) groups excluding carboxylic acids is 2. The number of alkyl halides is 3. The molecule has 1 aliphatic heterocycles. The van der Waals surface area contributed by atoms with Crippen LogP contribution in [0.2, 0.25) is 0 Å². The molecule has 1 saturated heterocycles. The van der Waals surface area contributed by atoms with E-state index in [2.05, 4.69) is 32.5 Å². The van der Waals surface area contributed by atoms with Gasteiger partial charge in [-0.3, -0.25) is 4.79 Å². The van der Waals surface area contributed by atoms with Crippen LogP contribution in [0.3, 0.4) is 0 Å². The topological polar surface area (TPSA) is 89.7 Å². The van der Waals surface area contributed by atoms with E-state index < -0.39 is 36.0 Å². The Bertz CT molecular complexity index is 1610. The number of aromatic nitrogens is 1. The van der Waals surface area contributed by atoms with Gasteiger partial charge in [0.25, 0.3) is 0 Å². The molecule has 5 rings (SSSR count). The molecule has 238 valence electrons. The predicted molar refractivity (Wildman–Crippen MR) is 168 cm³/mol. The van der Waals surface area contributed by atoms with Crippen molar-refractivity contribution in [2.45, 2.75) is 50.6 Å². The predicted octanol–water partition coefficient (Wildman–Crippen LogP) is 6.83. The number of H-pyrrole nitrogens is 1. The van der Waals surface area contributed by atoms with Crippen LogP contribution in [0.25, 0.3) is 10.9 Å². The van der Waals surface area contributed by atoms with E-state index in [1.807, 2.05) is 68.4 Å². The van der Waals surface area contributed by atoms with Crippen molar-refractivity contribution in [1.29, 1.82) is 0 Å². The average Bonchev–Trinajstić information content (AvgIpc) is 3.44. The van der Waals surface area contributed by atoms with E-state index in [1.54, 1.807) is 11.1 Å². The lowest BCUT2D eigenvalue weighted by Crippen LogP contribution is -2.53. The molecule has 1 fully saturated rings. The van der Waals surface area contributed by atoms with Crippen LogP contribution in [-0.2, 0) is 11.3 Å². The van der Waals surface area contributed by atoms with Gasteiger partial charge in [-0.25, -0.2) is 4.79 Å². The molecule has 0 aliphatic carbocycles. The van der Waals surface area contributed by atoms with Gasteiger partial charge in [-0.05, 0) is 67.7 Å². The van der Waals surface area contributed by atoms with Crippen LogP contribution in [0.15, 0.2) is 79.0 Å². The van der Waals surface area contributed by atoms with Crippen molar-refractivity contribution in [3.05, 3.63) is 95.7 Å². The van der Waals surface area contributed by atoms with Gasteiger partial charge >= 0.3 is 12.4 Å². The molecule has 0 bridgehead atoms. The Morgan fingerprint density at radius 3 is 2.40 bits per heavy atom. The van der Waals surface area contributed by atoms with Crippen molar-refractivity contribution in [2.24, 2.45) is 0 Å². The van der Waals surface area contributed by atoms with E-state index in [0.717, 1.165) is 29.3 Å². The summed E-state index contributed by atoms with van der Waals surface area (Å²) in [6.07, 6.45) is -1.60. The molecule has 0 unspecified atom stereocenters. The van der Waals surface area contributed by atoms with Gasteiger partial charge in [0, 0.05) is 42.7 Å². The minimum absolute atomic E-state index is 0.134. The third kappa shape index (κ3) is 7.96. The number of hydrogen-bond acceptors (Lipinski definition) is 4. The molecule has 0 spiro atoms. The molecule has 4 aromatic rings. The fraction of sp³-hybridized carbons (Fsp3) is 0.353. The molecule has 3 aromatic carbocycles. The minimum atomic E-state index is -4.96. The number of benzene rings is 3. The number of aromatic amines is 1. The molecule has 8 nitrogen and oxygen atoms in total. The third-order valence-electron chi connectivity index (χ3n) is 8.25. The van der Waals surface area contributed by atoms with E-state index in [9.17, 15) is 22.8 Å². The lowest BCUT2D eigenvalue weighted by molar-refractivity contribution is -0.274. The maximum absolute atomic E-state index is 14.0. The van der Waals surface area contributed by atoms with Crippen LogP contribution in [0.1, 0.15) is 48.3 Å². The number of nitrogens with zero attached hydrogens (tertiary/aromatic N) is 2. The first-order chi connectivity index (χ1) is 21.5. The summed E-state index contributed by atoms with van der Waals surface area (Å²) >= 11 is 0. The molecular weight excluding hydrogens is 583 g/mol. The molecule has 0 saturated carbocycles. The largest absolute Gasteiger partial charge is 0.573 e. The summed E-state index contributed by atoms with van der Waals surface area (Å²) in [5, 5.41) is 6.45. The van der Waals surface area contributed by atoms with Gasteiger partial charge in [-0.1, -0.05) is 61.5 Å². The van der Waals surface area contributed by atoms with Crippen LogP contribution in [0.4, 0.5) is 23.7 Å². The zero-order valence-electron chi connectivity index (χ0n) is 25.5. The van der Waals surface area contributed by atoms with Crippen molar-refractivity contribution < 1.29 is 27.5 Å². The second-order valence-electron chi connectivity index (χ2n) is 11.8. The Labute approximate surface area is 260 Å². The van der Waals surface area contributed by atoms with Crippen molar-refractivity contribution in [3.8, 4) is 5.75 Å². The molecule has 3 N–H and O–H groups in total. The number of hydrogen-bond donors (Lipinski definition) is 3. The highest BCUT2D eigenvalue weighted by molar-refractivity contribution is 5.99. The highest BCUT2D eigenvalue weighted by Gasteiger charge is 2.35. The number of fused-ring (bicyclic) bond motifs is 1. The van der Waals surface area contributed by atoms with E-state index in [1.165, 1.54) is 23.8 Å². The summed E-state index contributed by atoms with van der Waals surface area (Å²) in [5.74, 6) is -1.40. The average molecular weight is 622 g/mol. The van der Waals surface area contributed by atoms with Gasteiger partial charge < -0.3 is 30.2 Å². The number of carbonyl (C=O) groups is 2. The van der Waals surface area contributed by atoms with Crippen LogP contribution in [0.5, 0.6) is 5.75 Å². The van der Waals surface area contributed by atoms with E-state index in [0.29, 0.717) is 31.1 Å². The van der Waals surface area contributed by atoms with Crippen LogP contribution in [-0.4, -0.2) is 66.3 Å². The number of para-hydroxylation sites is 1. The fourth-order valence-electron chi connectivity index (χ4n) is 6.00. The first-order valence-electron chi connectivity index (χ1n) is 15.0. The van der Waals surface area contributed by atoms with Crippen molar-refractivity contribution in [1.82, 2.24) is 20.1 Å². The highest BCUT2D eigenvalue weighted by atomic mass is 19.4. The maximum atomic E-state index is 14.0. The molecule has 3 amide bonds. The Hall–Kier alpha value is -4.51. The van der Waals surface area contributed by atoms with Crippen molar-refractivity contribution in [3.63, 3.8) is 0 Å². The van der Waals surface area contributed by atoms with Crippen LogP contribution >= 0.6 is 0 Å². The number of amides is 3. The van der Waals surface area contributed by atoms with Gasteiger partial charge in [0.05, 0.1) is 5.69 Å². The van der Waals surface area contributed by atoms with Gasteiger partial charge in [-0.2, -0.15) is 0 Å². The standard InChI is InChI=1S/C34H38F3N5O3/c1-22(27-20-38-28-12-8-7-11-26(27)28)31(40-33(44)42-17-15-25(16-18-42)24-9-5-4-6-10-24)32(43)39-29-19-23(21-41(2)3)13-14-30(29)45-34(35,36)37/h4-14,19-20,22,25,31,38H,15-18,21H2,1-3H3,(H,39,43)(H,40,44)/t22-,31+/m0/s1. The fourth-order valence-corrected chi connectivity index (χ4v) is 6.00. The zero-order valence-corrected chi connectivity index (χ0v) is 25.5. The Balaban J connectivity index is 1.40. The normalized spacial score (nSPS) is 15.6. The number of nitrogens with one attached hydrogen (secondary N) is 3. The summed E-state index contributed by atoms with van der Waals surface area (Å²) in [4.78, 5) is 34.4. The van der Waals surface area contributed by atoms with Crippen molar-refractivity contribution >= 4 is 28.5 Å². The number of rotatable bonds is 9. The van der Waals surface area contributed by atoms with Crippen LogP contribution < -0.4 is 15.4 Å². The lowest BCUT2D eigenvalue weighted by atomic mass is 9.89. The molecular formula is C34H38F3N5O3. The smallest absolute Gasteiger partial charge is 0.404 e. The van der Waals surface area contributed by atoms with E-state index >= 15 is 0 Å². The Kier molecular flexibility index (Phi) is 9.67. The molecule has 1 aliphatic rings. The summed E-state index contributed by atoms with van der Waals surface area (Å²) in [5.41, 5.74) is 3.44. The molecule has 11 heteroatoms. The van der Waals surface area contributed by atoms with E-state index in [4.69, 9.17) is 0 Å². The monoisotopic (exact) mass is 621 g/mol. The molecule has 0 radical (unpaired) electrons. The third-order valence-corrected chi connectivity index (χ3v) is 8.25. The summed E-state index contributed by atoms with van der Waals surface area (Å²) in [7, 11) is 3.66. The van der Waals surface area contributed by atoms with Gasteiger partial charge in [0.1, 0.15) is 6.04 Å². The Morgan fingerprint density at radius 1 is 1.02 bits per heavy atom. The van der Waals surface area contributed by atoms with Gasteiger partial charge in [0.2, 0.25) is 5.91 Å². The summed E-state index contributed by atoms with van der Waals surface area (Å²) in [6.45, 7) is 3.27.